The number of hydrogen-bond donors (Lipinski definition) is 2. The van der Waals surface area contributed by atoms with Gasteiger partial charge in [0.2, 0.25) is 0 Å². The smallest absolute Gasteiger partial charge is 0.259 e. The van der Waals surface area contributed by atoms with Gasteiger partial charge in [-0.15, -0.1) is 0 Å². The van der Waals surface area contributed by atoms with Crippen molar-refractivity contribution in [2.75, 3.05) is 5.32 Å². The summed E-state index contributed by atoms with van der Waals surface area (Å²) in [5.41, 5.74) is 1.86. The van der Waals surface area contributed by atoms with Crippen molar-refractivity contribution in [2.24, 2.45) is 5.92 Å². The molecule has 1 saturated carbocycles. The van der Waals surface area contributed by atoms with Crippen LogP contribution in [0.5, 0.6) is 0 Å². The second-order valence-corrected chi connectivity index (χ2v) is 5.27. The van der Waals surface area contributed by atoms with Crippen LogP contribution in [0, 0.1) is 5.92 Å². The van der Waals surface area contributed by atoms with Gasteiger partial charge in [-0.25, -0.2) is 0 Å². The first-order valence-electron chi connectivity index (χ1n) is 6.40. The van der Waals surface area contributed by atoms with Crippen molar-refractivity contribution in [2.45, 2.75) is 32.2 Å². The average molecular weight is 244 g/mol. The maximum atomic E-state index is 11.5. The van der Waals surface area contributed by atoms with Crippen LogP contribution in [0.25, 0.3) is 0 Å². The fraction of sp³-hybridized carbons (Fsp3) is 0.429. The third kappa shape index (κ3) is 2.10. The molecule has 1 heterocycles. The Hall–Kier alpha value is -1.84. The normalized spacial score (nSPS) is 19.4. The summed E-state index contributed by atoms with van der Waals surface area (Å²) in [6.45, 7) is 2.15. The van der Waals surface area contributed by atoms with E-state index < -0.39 is 0 Å². The molecule has 18 heavy (non-hydrogen) atoms. The number of nitrogens with one attached hydrogen (secondary N) is 2. The van der Waals surface area contributed by atoms with Gasteiger partial charge >= 0.3 is 0 Å². The summed E-state index contributed by atoms with van der Waals surface area (Å²) in [5.74, 6) is 0.271. The minimum Gasteiger partial charge on any atom is -0.383 e. The molecule has 1 aromatic carbocycles. The van der Waals surface area contributed by atoms with E-state index in [2.05, 4.69) is 17.6 Å². The molecule has 1 unspecified atom stereocenters. The molecular formula is C14H16N2O2. The lowest BCUT2D eigenvalue weighted by Gasteiger charge is -2.15. The molecule has 0 aromatic heterocycles. The minimum absolute atomic E-state index is 0.298. The fourth-order valence-corrected chi connectivity index (χ4v) is 2.45. The molecule has 0 radical (unpaired) electrons. The van der Waals surface area contributed by atoms with E-state index in [-0.39, 0.29) is 11.8 Å². The van der Waals surface area contributed by atoms with Gasteiger partial charge in [0, 0.05) is 11.7 Å². The zero-order chi connectivity index (χ0) is 12.7. The van der Waals surface area contributed by atoms with Gasteiger partial charge in [-0.05, 0) is 37.5 Å². The molecule has 94 valence electrons. The molecule has 1 atom stereocenters. The zero-order valence-corrected chi connectivity index (χ0v) is 10.3. The highest BCUT2D eigenvalue weighted by atomic mass is 16.2. The third-order valence-corrected chi connectivity index (χ3v) is 3.53. The number of imide groups is 1. The van der Waals surface area contributed by atoms with Gasteiger partial charge in [0.15, 0.2) is 0 Å². The Morgan fingerprint density at radius 1 is 1.28 bits per heavy atom. The first-order chi connectivity index (χ1) is 8.63. The zero-order valence-electron chi connectivity index (χ0n) is 10.3. The fourth-order valence-electron chi connectivity index (χ4n) is 2.45. The van der Waals surface area contributed by atoms with Crippen LogP contribution in [0.2, 0.25) is 0 Å². The maximum Gasteiger partial charge on any atom is 0.259 e. The molecule has 2 amide bonds. The van der Waals surface area contributed by atoms with Crippen molar-refractivity contribution in [3.05, 3.63) is 29.3 Å². The molecule has 1 aromatic rings. The molecule has 0 spiro atoms. The second kappa shape index (κ2) is 4.12. The number of benzene rings is 1. The summed E-state index contributed by atoms with van der Waals surface area (Å²) >= 11 is 0. The number of amides is 2. The standard InChI is InChI=1S/C14H16N2O2/c1-8(6-9-2-3-9)15-10-4-5-11-12(7-10)14(18)16-13(11)17/h4-5,7-9,15H,2-3,6H2,1H3,(H,16,17,18). The largest absolute Gasteiger partial charge is 0.383 e. The van der Waals surface area contributed by atoms with Crippen molar-refractivity contribution in [3.63, 3.8) is 0 Å². The minimum atomic E-state index is -0.299. The Bertz CT molecular complexity index is 521. The molecule has 2 N–H and O–H groups in total. The average Bonchev–Trinajstić information content (AvgIpc) is 3.07. The Labute approximate surface area is 106 Å². The van der Waals surface area contributed by atoms with Crippen LogP contribution in [0.4, 0.5) is 5.69 Å². The number of fused-ring (bicyclic) bond motifs is 1. The molecule has 0 saturated heterocycles. The second-order valence-electron chi connectivity index (χ2n) is 5.27. The predicted molar refractivity (Wildman–Crippen MR) is 68.7 cm³/mol. The highest BCUT2D eigenvalue weighted by Crippen LogP contribution is 2.34. The maximum absolute atomic E-state index is 11.5. The number of rotatable bonds is 4. The lowest BCUT2D eigenvalue weighted by atomic mass is 10.1. The van der Waals surface area contributed by atoms with E-state index in [1.165, 1.54) is 19.3 Å². The molecule has 1 aliphatic heterocycles. The summed E-state index contributed by atoms with van der Waals surface area (Å²) in [6, 6.07) is 5.73. The van der Waals surface area contributed by atoms with Crippen LogP contribution in [0.1, 0.15) is 46.9 Å². The lowest BCUT2D eigenvalue weighted by molar-refractivity contribution is 0.0879. The number of carbonyl (C=O) groups is 2. The van der Waals surface area contributed by atoms with Crippen LogP contribution in [-0.2, 0) is 0 Å². The summed E-state index contributed by atoms with van der Waals surface area (Å²) in [7, 11) is 0. The van der Waals surface area contributed by atoms with Gasteiger partial charge in [0.1, 0.15) is 0 Å². The molecule has 3 rings (SSSR count). The van der Waals surface area contributed by atoms with Crippen LogP contribution in [0.15, 0.2) is 18.2 Å². The Morgan fingerprint density at radius 2 is 2.00 bits per heavy atom. The van der Waals surface area contributed by atoms with Gasteiger partial charge < -0.3 is 5.32 Å². The van der Waals surface area contributed by atoms with Crippen molar-refractivity contribution in [3.8, 4) is 0 Å². The first kappa shape index (κ1) is 11.3. The third-order valence-electron chi connectivity index (χ3n) is 3.53. The van der Waals surface area contributed by atoms with Crippen LogP contribution < -0.4 is 10.6 Å². The van der Waals surface area contributed by atoms with E-state index in [4.69, 9.17) is 0 Å². The van der Waals surface area contributed by atoms with Crippen molar-refractivity contribution in [1.29, 1.82) is 0 Å². The number of carbonyl (C=O) groups excluding carboxylic acids is 2. The number of anilines is 1. The monoisotopic (exact) mass is 244 g/mol. The van der Waals surface area contributed by atoms with E-state index in [0.29, 0.717) is 17.2 Å². The molecule has 2 aliphatic rings. The van der Waals surface area contributed by atoms with Crippen molar-refractivity contribution >= 4 is 17.5 Å². The molecule has 4 heteroatoms. The molecular weight excluding hydrogens is 228 g/mol. The van der Waals surface area contributed by atoms with Crippen LogP contribution in [-0.4, -0.2) is 17.9 Å². The summed E-state index contributed by atoms with van der Waals surface area (Å²) < 4.78 is 0. The first-order valence-corrected chi connectivity index (χ1v) is 6.40. The van der Waals surface area contributed by atoms with Crippen LogP contribution in [0.3, 0.4) is 0 Å². The van der Waals surface area contributed by atoms with E-state index in [1.807, 2.05) is 6.07 Å². The summed E-state index contributed by atoms with van der Waals surface area (Å²) in [5, 5.41) is 5.69. The van der Waals surface area contributed by atoms with Crippen molar-refractivity contribution < 1.29 is 9.59 Å². The summed E-state index contributed by atoms with van der Waals surface area (Å²) in [4.78, 5) is 23.0. The Morgan fingerprint density at radius 3 is 2.72 bits per heavy atom. The van der Waals surface area contributed by atoms with Crippen molar-refractivity contribution in [1.82, 2.24) is 5.32 Å². The van der Waals surface area contributed by atoms with Gasteiger partial charge in [-0.2, -0.15) is 0 Å². The van der Waals surface area contributed by atoms with E-state index >= 15 is 0 Å². The van der Waals surface area contributed by atoms with E-state index in [0.717, 1.165) is 11.6 Å². The molecule has 0 bridgehead atoms. The van der Waals surface area contributed by atoms with Crippen LogP contribution >= 0.6 is 0 Å². The molecule has 1 aliphatic carbocycles. The quantitative estimate of drug-likeness (QED) is 0.798. The van der Waals surface area contributed by atoms with E-state index in [9.17, 15) is 9.59 Å². The number of hydrogen-bond acceptors (Lipinski definition) is 3. The highest BCUT2D eigenvalue weighted by molar-refractivity contribution is 6.21. The van der Waals surface area contributed by atoms with Gasteiger partial charge in [0.05, 0.1) is 11.1 Å². The summed E-state index contributed by atoms with van der Waals surface area (Å²) in [6.07, 6.45) is 3.85. The Balaban J connectivity index is 1.75. The van der Waals surface area contributed by atoms with E-state index in [1.54, 1.807) is 12.1 Å². The topological polar surface area (TPSA) is 58.2 Å². The van der Waals surface area contributed by atoms with Gasteiger partial charge in [-0.1, -0.05) is 12.8 Å². The van der Waals surface area contributed by atoms with Gasteiger partial charge in [0.25, 0.3) is 11.8 Å². The molecule has 1 fully saturated rings. The predicted octanol–water partition coefficient (Wildman–Crippen LogP) is 2.17. The lowest BCUT2D eigenvalue weighted by Crippen LogP contribution is -2.19. The SMILES string of the molecule is CC(CC1CC1)Nc1ccc2c(c1)C(=O)NC2=O. The molecule has 4 nitrogen and oxygen atoms in total. The Kier molecular flexibility index (Phi) is 2.58. The van der Waals surface area contributed by atoms with Gasteiger partial charge in [-0.3, -0.25) is 14.9 Å². The highest BCUT2D eigenvalue weighted by Gasteiger charge is 2.27.